The van der Waals surface area contributed by atoms with E-state index < -0.39 is 0 Å². The average Bonchev–Trinajstić information content (AvgIpc) is 2.64. The van der Waals surface area contributed by atoms with Gasteiger partial charge in [-0.25, -0.2) is 9.37 Å². The van der Waals surface area contributed by atoms with Crippen LogP contribution in [0.1, 0.15) is 13.3 Å². The predicted octanol–water partition coefficient (Wildman–Crippen LogP) is 3.68. The van der Waals surface area contributed by atoms with Crippen molar-refractivity contribution < 1.29 is 9.18 Å². The first kappa shape index (κ1) is 18.1. The average molecular weight is 371 g/mol. The molecule has 0 aliphatic carbocycles. The van der Waals surface area contributed by atoms with Gasteiger partial charge < -0.3 is 5.32 Å². The van der Waals surface area contributed by atoms with Crippen LogP contribution in [0, 0.1) is 5.82 Å². The summed E-state index contributed by atoms with van der Waals surface area (Å²) in [6.45, 7) is 2.41. The number of amides is 1. The third-order valence-corrected chi connectivity index (χ3v) is 4.81. The van der Waals surface area contributed by atoms with Crippen molar-refractivity contribution in [2.45, 2.75) is 25.0 Å². The number of carbonyl (C=O) groups excluding carboxylic acids is 1. The van der Waals surface area contributed by atoms with E-state index in [1.165, 1.54) is 36.0 Å². The van der Waals surface area contributed by atoms with E-state index in [-0.39, 0.29) is 23.7 Å². The highest BCUT2D eigenvalue weighted by Gasteiger charge is 2.11. The van der Waals surface area contributed by atoms with Gasteiger partial charge in [-0.3, -0.25) is 14.2 Å². The molecule has 3 aromatic rings. The van der Waals surface area contributed by atoms with Gasteiger partial charge in [0.05, 0.1) is 10.9 Å². The summed E-state index contributed by atoms with van der Waals surface area (Å²) >= 11 is 1.37. The predicted molar refractivity (Wildman–Crippen MR) is 102 cm³/mol. The summed E-state index contributed by atoms with van der Waals surface area (Å²) < 4.78 is 14.5. The number of thioether (sulfide) groups is 1. The molecule has 0 fully saturated rings. The number of hydrogen-bond acceptors (Lipinski definition) is 4. The Morgan fingerprint density at radius 2 is 1.92 bits per heavy atom. The van der Waals surface area contributed by atoms with Gasteiger partial charge in [0, 0.05) is 24.4 Å². The zero-order valence-corrected chi connectivity index (χ0v) is 15.1. The van der Waals surface area contributed by atoms with Gasteiger partial charge in [-0.1, -0.05) is 23.9 Å². The molecule has 0 bridgehead atoms. The maximum Gasteiger partial charge on any atom is 0.262 e. The van der Waals surface area contributed by atoms with Gasteiger partial charge in [0.1, 0.15) is 5.82 Å². The Hall–Kier alpha value is -2.67. The highest BCUT2D eigenvalue weighted by Crippen LogP contribution is 2.19. The van der Waals surface area contributed by atoms with Crippen molar-refractivity contribution in [1.82, 2.24) is 9.55 Å². The molecule has 1 amide bonds. The summed E-state index contributed by atoms with van der Waals surface area (Å²) in [5, 5.41) is 3.91. The van der Waals surface area contributed by atoms with E-state index >= 15 is 0 Å². The molecule has 2 aromatic carbocycles. The van der Waals surface area contributed by atoms with Crippen LogP contribution < -0.4 is 10.9 Å². The molecule has 0 saturated heterocycles. The molecule has 1 heterocycles. The number of benzene rings is 2. The molecule has 0 radical (unpaired) electrons. The lowest BCUT2D eigenvalue weighted by Crippen LogP contribution is -2.22. The minimum Gasteiger partial charge on any atom is -0.326 e. The summed E-state index contributed by atoms with van der Waals surface area (Å²) in [7, 11) is 0. The minimum atomic E-state index is -0.349. The van der Waals surface area contributed by atoms with Crippen molar-refractivity contribution in [3.63, 3.8) is 0 Å². The van der Waals surface area contributed by atoms with Gasteiger partial charge >= 0.3 is 0 Å². The third kappa shape index (κ3) is 4.11. The second-order valence-electron chi connectivity index (χ2n) is 5.61. The summed E-state index contributed by atoms with van der Waals surface area (Å²) in [6.07, 6.45) is 0.258. The zero-order chi connectivity index (χ0) is 18.5. The van der Waals surface area contributed by atoms with E-state index in [9.17, 15) is 14.0 Å². The van der Waals surface area contributed by atoms with E-state index in [1.54, 1.807) is 10.6 Å². The molecule has 1 N–H and O–H groups in total. The maximum absolute atomic E-state index is 12.9. The van der Waals surface area contributed by atoms with Crippen molar-refractivity contribution in [2.75, 3.05) is 11.1 Å². The van der Waals surface area contributed by atoms with Crippen LogP contribution in [0.4, 0.5) is 10.1 Å². The second-order valence-corrected chi connectivity index (χ2v) is 6.68. The van der Waals surface area contributed by atoms with Crippen LogP contribution in [0.3, 0.4) is 0 Å². The van der Waals surface area contributed by atoms with Gasteiger partial charge in [-0.05, 0) is 43.3 Å². The molecule has 26 heavy (non-hydrogen) atoms. The fourth-order valence-corrected chi connectivity index (χ4v) is 3.53. The molecule has 0 aliphatic heterocycles. The number of para-hydroxylation sites is 1. The van der Waals surface area contributed by atoms with Crippen LogP contribution in [0.25, 0.3) is 10.9 Å². The lowest BCUT2D eigenvalue weighted by molar-refractivity contribution is -0.115. The van der Waals surface area contributed by atoms with E-state index in [0.29, 0.717) is 34.0 Å². The summed E-state index contributed by atoms with van der Waals surface area (Å²) in [6, 6.07) is 12.9. The van der Waals surface area contributed by atoms with Crippen LogP contribution in [0.2, 0.25) is 0 Å². The normalized spacial score (nSPS) is 10.8. The number of nitrogens with one attached hydrogen (secondary N) is 1. The minimum absolute atomic E-state index is 0.0728. The van der Waals surface area contributed by atoms with Crippen molar-refractivity contribution in [2.24, 2.45) is 0 Å². The SMILES string of the molecule is CCn1c(SCCC(=O)Nc2ccc(F)cc2)nc2ccccc2c1=O. The number of halogens is 1. The van der Waals surface area contributed by atoms with Crippen LogP contribution in [-0.2, 0) is 11.3 Å². The first-order chi connectivity index (χ1) is 12.6. The Balaban J connectivity index is 1.66. The van der Waals surface area contributed by atoms with E-state index in [4.69, 9.17) is 0 Å². The van der Waals surface area contributed by atoms with Crippen molar-refractivity contribution in [3.8, 4) is 0 Å². The molecule has 7 heteroatoms. The molecule has 134 valence electrons. The molecule has 0 aliphatic rings. The summed E-state index contributed by atoms with van der Waals surface area (Å²) in [5.41, 5.74) is 1.13. The van der Waals surface area contributed by atoms with Gasteiger partial charge in [-0.15, -0.1) is 0 Å². The Kier molecular flexibility index (Phi) is 5.68. The molecule has 0 saturated carbocycles. The van der Waals surface area contributed by atoms with Gasteiger partial charge in [0.25, 0.3) is 5.56 Å². The first-order valence-electron chi connectivity index (χ1n) is 8.26. The molecule has 0 spiro atoms. The number of fused-ring (bicyclic) bond motifs is 1. The summed E-state index contributed by atoms with van der Waals surface area (Å²) in [5.74, 6) is -0.0357. The number of aromatic nitrogens is 2. The van der Waals surface area contributed by atoms with Gasteiger partial charge in [0.15, 0.2) is 5.16 Å². The highest BCUT2D eigenvalue weighted by atomic mass is 32.2. The number of nitrogens with zero attached hydrogens (tertiary/aromatic N) is 2. The molecule has 5 nitrogen and oxygen atoms in total. The monoisotopic (exact) mass is 371 g/mol. The quantitative estimate of drug-likeness (QED) is 0.530. The maximum atomic E-state index is 12.9. The Labute approximate surface area is 154 Å². The smallest absolute Gasteiger partial charge is 0.262 e. The Bertz CT molecular complexity index is 986. The lowest BCUT2D eigenvalue weighted by atomic mass is 10.2. The molecular weight excluding hydrogens is 353 g/mol. The largest absolute Gasteiger partial charge is 0.326 e. The molecule has 0 atom stereocenters. The van der Waals surface area contributed by atoms with Crippen molar-refractivity contribution >= 4 is 34.3 Å². The second kappa shape index (κ2) is 8.14. The van der Waals surface area contributed by atoms with Crippen LogP contribution in [0.5, 0.6) is 0 Å². The van der Waals surface area contributed by atoms with E-state index in [0.717, 1.165) is 0 Å². The molecule has 3 rings (SSSR count). The number of hydrogen-bond donors (Lipinski definition) is 1. The fourth-order valence-electron chi connectivity index (χ4n) is 2.53. The first-order valence-corrected chi connectivity index (χ1v) is 9.25. The van der Waals surface area contributed by atoms with Crippen molar-refractivity contribution in [3.05, 3.63) is 64.7 Å². The number of carbonyl (C=O) groups is 1. The number of rotatable bonds is 6. The molecule has 0 unspecified atom stereocenters. The van der Waals surface area contributed by atoms with Gasteiger partial charge in [0.2, 0.25) is 5.91 Å². The molecule has 1 aromatic heterocycles. The fraction of sp³-hybridized carbons (Fsp3) is 0.211. The van der Waals surface area contributed by atoms with Crippen molar-refractivity contribution in [1.29, 1.82) is 0 Å². The standard InChI is InChI=1S/C19H18FN3O2S/c1-2-23-18(25)15-5-3-4-6-16(15)22-19(23)26-12-11-17(24)21-14-9-7-13(20)8-10-14/h3-10H,2,11-12H2,1H3,(H,21,24). The van der Waals surface area contributed by atoms with Gasteiger partial charge in [-0.2, -0.15) is 0 Å². The topological polar surface area (TPSA) is 64.0 Å². The Morgan fingerprint density at radius 1 is 1.19 bits per heavy atom. The number of anilines is 1. The van der Waals surface area contributed by atoms with Crippen LogP contribution in [-0.4, -0.2) is 21.2 Å². The summed E-state index contributed by atoms with van der Waals surface area (Å²) in [4.78, 5) is 29.1. The molecular formula is C19H18FN3O2S. The zero-order valence-electron chi connectivity index (χ0n) is 14.2. The van der Waals surface area contributed by atoms with E-state index in [1.807, 2.05) is 25.1 Å². The van der Waals surface area contributed by atoms with Crippen LogP contribution in [0.15, 0.2) is 58.5 Å². The highest BCUT2D eigenvalue weighted by molar-refractivity contribution is 7.99. The lowest BCUT2D eigenvalue weighted by Gasteiger charge is -2.11. The Morgan fingerprint density at radius 3 is 2.65 bits per heavy atom. The van der Waals surface area contributed by atoms with Crippen LogP contribution >= 0.6 is 11.8 Å². The third-order valence-electron chi connectivity index (χ3n) is 3.83. The van der Waals surface area contributed by atoms with E-state index in [2.05, 4.69) is 10.3 Å².